The van der Waals surface area contributed by atoms with Crippen molar-refractivity contribution in [3.05, 3.63) is 29.6 Å². The number of ether oxygens (including phenoxy) is 1. The highest BCUT2D eigenvalue weighted by atomic mass is 32.2. The van der Waals surface area contributed by atoms with E-state index in [0.717, 1.165) is 6.42 Å². The molecule has 6 heteroatoms. The highest BCUT2D eigenvalue weighted by Crippen LogP contribution is 2.19. The fourth-order valence-electron chi connectivity index (χ4n) is 1.60. The first-order valence-electron chi connectivity index (χ1n) is 6.76. The molecule has 0 aromatic heterocycles. The summed E-state index contributed by atoms with van der Waals surface area (Å²) in [6.07, 6.45) is 1.32. The zero-order chi connectivity index (χ0) is 15.2. The van der Waals surface area contributed by atoms with Gasteiger partial charge in [0.15, 0.2) is 11.6 Å². The zero-order valence-electron chi connectivity index (χ0n) is 12.1. The fourth-order valence-corrected chi connectivity index (χ4v) is 2.80. The standard InChI is InChI=1S/C14H22FNO3S/c1-4-5-8-20(17,18)16-10-12-6-7-14(13(15)9-12)19-11(2)3/h6-7,9,11,16H,4-5,8,10H2,1-3H3. The Morgan fingerprint density at radius 2 is 2.05 bits per heavy atom. The fraction of sp³-hybridized carbons (Fsp3) is 0.571. The molecule has 0 atom stereocenters. The predicted molar refractivity (Wildman–Crippen MR) is 77.7 cm³/mol. The summed E-state index contributed by atoms with van der Waals surface area (Å²) < 4.78 is 44.7. The summed E-state index contributed by atoms with van der Waals surface area (Å²) in [7, 11) is -3.29. The van der Waals surface area contributed by atoms with Crippen LogP contribution in [0.3, 0.4) is 0 Å². The van der Waals surface area contributed by atoms with Crippen molar-refractivity contribution >= 4 is 10.0 Å². The number of rotatable bonds is 8. The maximum atomic E-state index is 13.7. The van der Waals surface area contributed by atoms with Gasteiger partial charge in [-0.15, -0.1) is 0 Å². The molecule has 114 valence electrons. The van der Waals surface area contributed by atoms with Crippen LogP contribution in [0.2, 0.25) is 0 Å². The number of sulfonamides is 1. The Morgan fingerprint density at radius 3 is 2.60 bits per heavy atom. The van der Waals surface area contributed by atoms with Crippen LogP contribution >= 0.6 is 0 Å². The summed E-state index contributed by atoms with van der Waals surface area (Å²) in [6, 6.07) is 4.47. The van der Waals surface area contributed by atoms with Gasteiger partial charge in [0.05, 0.1) is 11.9 Å². The maximum Gasteiger partial charge on any atom is 0.211 e. The van der Waals surface area contributed by atoms with E-state index in [2.05, 4.69) is 4.72 Å². The Balaban J connectivity index is 2.63. The van der Waals surface area contributed by atoms with Crippen LogP contribution < -0.4 is 9.46 Å². The number of halogens is 1. The predicted octanol–water partition coefficient (Wildman–Crippen LogP) is 2.83. The molecule has 1 aromatic rings. The number of unbranched alkanes of at least 4 members (excludes halogenated alkanes) is 1. The molecule has 0 amide bonds. The molecule has 0 spiro atoms. The summed E-state index contributed by atoms with van der Waals surface area (Å²) >= 11 is 0. The zero-order valence-corrected chi connectivity index (χ0v) is 13.0. The molecule has 0 heterocycles. The van der Waals surface area contributed by atoms with Crippen LogP contribution in [-0.4, -0.2) is 20.3 Å². The Hall–Kier alpha value is -1.14. The van der Waals surface area contributed by atoms with Crippen molar-refractivity contribution < 1.29 is 17.5 Å². The SMILES string of the molecule is CCCCS(=O)(=O)NCc1ccc(OC(C)C)c(F)c1. The van der Waals surface area contributed by atoms with E-state index in [9.17, 15) is 12.8 Å². The molecule has 0 fully saturated rings. The van der Waals surface area contributed by atoms with E-state index in [4.69, 9.17) is 4.74 Å². The second kappa shape index (κ2) is 7.59. The van der Waals surface area contributed by atoms with E-state index in [0.29, 0.717) is 12.0 Å². The van der Waals surface area contributed by atoms with Crippen LogP contribution in [0.1, 0.15) is 39.2 Å². The summed E-state index contributed by atoms with van der Waals surface area (Å²) in [4.78, 5) is 0. The van der Waals surface area contributed by atoms with Crippen molar-refractivity contribution in [3.63, 3.8) is 0 Å². The van der Waals surface area contributed by atoms with Gasteiger partial charge in [-0.3, -0.25) is 0 Å². The Labute approximate surface area is 120 Å². The number of nitrogens with one attached hydrogen (secondary N) is 1. The maximum absolute atomic E-state index is 13.7. The molecule has 0 aliphatic rings. The first-order valence-corrected chi connectivity index (χ1v) is 8.41. The van der Waals surface area contributed by atoms with E-state index < -0.39 is 15.8 Å². The summed E-state index contributed by atoms with van der Waals surface area (Å²) in [5.74, 6) is -0.206. The average molecular weight is 303 g/mol. The second-order valence-electron chi connectivity index (χ2n) is 4.92. The molecular weight excluding hydrogens is 281 g/mol. The van der Waals surface area contributed by atoms with Crippen LogP contribution in [0.25, 0.3) is 0 Å². The second-order valence-corrected chi connectivity index (χ2v) is 6.85. The van der Waals surface area contributed by atoms with Crippen molar-refractivity contribution in [2.45, 2.75) is 46.3 Å². The third-order valence-electron chi connectivity index (χ3n) is 2.62. The van der Waals surface area contributed by atoms with Crippen molar-refractivity contribution in [3.8, 4) is 5.75 Å². The Morgan fingerprint density at radius 1 is 1.35 bits per heavy atom. The quantitative estimate of drug-likeness (QED) is 0.803. The third-order valence-corrected chi connectivity index (χ3v) is 4.03. The number of benzene rings is 1. The number of hydrogen-bond donors (Lipinski definition) is 1. The molecule has 20 heavy (non-hydrogen) atoms. The lowest BCUT2D eigenvalue weighted by atomic mass is 10.2. The lowest BCUT2D eigenvalue weighted by Gasteiger charge is -2.12. The van der Waals surface area contributed by atoms with E-state index in [1.807, 2.05) is 20.8 Å². The molecule has 1 N–H and O–H groups in total. The molecule has 1 aromatic carbocycles. The van der Waals surface area contributed by atoms with E-state index in [-0.39, 0.29) is 24.2 Å². The summed E-state index contributed by atoms with van der Waals surface area (Å²) in [6.45, 7) is 5.65. The van der Waals surface area contributed by atoms with Gasteiger partial charge < -0.3 is 4.74 Å². The molecule has 0 saturated carbocycles. The van der Waals surface area contributed by atoms with Crippen molar-refractivity contribution in [2.24, 2.45) is 0 Å². The monoisotopic (exact) mass is 303 g/mol. The van der Waals surface area contributed by atoms with Crippen molar-refractivity contribution in [1.29, 1.82) is 0 Å². The molecule has 0 unspecified atom stereocenters. The average Bonchev–Trinajstić information content (AvgIpc) is 2.37. The van der Waals surface area contributed by atoms with E-state index >= 15 is 0 Å². The highest BCUT2D eigenvalue weighted by molar-refractivity contribution is 7.89. The summed E-state index contributed by atoms with van der Waals surface area (Å²) in [5, 5.41) is 0. The molecule has 0 aliphatic heterocycles. The topological polar surface area (TPSA) is 55.4 Å². The van der Waals surface area contributed by atoms with Crippen molar-refractivity contribution in [1.82, 2.24) is 4.72 Å². The van der Waals surface area contributed by atoms with Gasteiger partial charge in [0, 0.05) is 6.54 Å². The van der Waals surface area contributed by atoms with Crippen LogP contribution in [0.4, 0.5) is 4.39 Å². The highest BCUT2D eigenvalue weighted by Gasteiger charge is 2.11. The van der Waals surface area contributed by atoms with Crippen LogP contribution in [-0.2, 0) is 16.6 Å². The van der Waals surface area contributed by atoms with Crippen molar-refractivity contribution in [2.75, 3.05) is 5.75 Å². The molecule has 4 nitrogen and oxygen atoms in total. The lowest BCUT2D eigenvalue weighted by Crippen LogP contribution is -2.25. The van der Waals surface area contributed by atoms with Gasteiger partial charge in [-0.1, -0.05) is 19.4 Å². The van der Waals surface area contributed by atoms with Crippen LogP contribution in [0, 0.1) is 5.82 Å². The van der Waals surface area contributed by atoms with Crippen LogP contribution in [0.5, 0.6) is 5.75 Å². The van der Waals surface area contributed by atoms with Gasteiger partial charge in [0.1, 0.15) is 0 Å². The molecule has 0 radical (unpaired) electrons. The van der Waals surface area contributed by atoms with Gasteiger partial charge in [-0.25, -0.2) is 17.5 Å². The summed E-state index contributed by atoms with van der Waals surface area (Å²) in [5.41, 5.74) is 0.568. The third kappa shape index (κ3) is 5.88. The molecule has 1 rings (SSSR count). The molecule has 0 bridgehead atoms. The van der Waals surface area contributed by atoms with E-state index in [1.165, 1.54) is 12.1 Å². The first kappa shape index (κ1) is 16.9. The van der Waals surface area contributed by atoms with Gasteiger partial charge in [0.2, 0.25) is 10.0 Å². The minimum Gasteiger partial charge on any atom is -0.488 e. The normalized spacial score (nSPS) is 11.8. The largest absolute Gasteiger partial charge is 0.488 e. The minimum atomic E-state index is -3.29. The molecule has 0 saturated heterocycles. The molecule has 0 aliphatic carbocycles. The lowest BCUT2D eigenvalue weighted by molar-refractivity contribution is 0.231. The smallest absolute Gasteiger partial charge is 0.211 e. The Kier molecular flexibility index (Phi) is 6.42. The van der Waals surface area contributed by atoms with Gasteiger partial charge in [-0.05, 0) is 38.0 Å². The molecular formula is C14H22FNO3S. The minimum absolute atomic E-state index is 0.0882. The van der Waals surface area contributed by atoms with Gasteiger partial charge in [-0.2, -0.15) is 0 Å². The van der Waals surface area contributed by atoms with Gasteiger partial charge >= 0.3 is 0 Å². The number of hydrogen-bond acceptors (Lipinski definition) is 3. The first-order chi connectivity index (χ1) is 9.34. The Bertz CT molecular complexity index is 529. The van der Waals surface area contributed by atoms with Crippen LogP contribution in [0.15, 0.2) is 18.2 Å². The van der Waals surface area contributed by atoms with E-state index in [1.54, 1.807) is 6.07 Å². The van der Waals surface area contributed by atoms with Gasteiger partial charge in [0.25, 0.3) is 0 Å².